The maximum atomic E-state index is 13.1. The molecule has 4 heteroatoms. The van der Waals surface area contributed by atoms with Crippen LogP contribution < -0.4 is 5.32 Å². The first kappa shape index (κ1) is 11.0. The molecule has 0 heterocycles. The summed E-state index contributed by atoms with van der Waals surface area (Å²) in [6.45, 7) is 1.76. The number of carbonyl (C=O) groups excluding carboxylic acids is 1. The summed E-state index contributed by atoms with van der Waals surface area (Å²) in [5.74, 6) is -0.650. The van der Waals surface area contributed by atoms with E-state index in [-0.39, 0.29) is 11.6 Å². The van der Waals surface area contributed by atoms with Crippen LogP contribution in [0.1, 0.15) is 17.3 Å². The highest BCUT2D eigenvalue weighted by Crippen LogP contribution is 2.06. The molecule has 0 fully saturated rings. The van der Waals surface area contributed by atoms with E-state index in [0.717, 1.165) is 0 Å². The zero-order chi connectivity index (χ0) is 10.6. The van der Waals surface area contributed by atoms with Gasteiger partial charge in [-0.2, -0.15) is 0 Å². The highest BCUT2D eigenvalue weighted by Gasteiger charge is 2.12. The molecule has 0 spiro atoms. The Bertz CT molecular complexity index is 330. The summed E-state index contributed by atoms with van der Waals surface area (Å²) in [7, 11) is 0. The molecule has 14 heavy (non-hydrogen) atoms. The number of hydrogen-bond acceptors (Lipinski definition) is 1. The normalized spacial score (nSPS) is 12.2. The van der Waals surface area contributed by atoms with Gasteiger partial charge >= 0.3 is 0 Å². The highest BCUT2D eigenvalue weighted by atomic mass is 35.5. The molecule has 1 rings (SSSR count). The standard InChI is InChI=1S/C10H11ClFNO/c1-7(6-11)13-10(14)8-4-2-3-5-9(8)12/h2-5,7H,6H2,1H3,(H,13,14). The van der Waals surface area contributed by atoms with Gasteiger partial charge in [-0.05, 0) is 19.1 Å². The minimum absolute atomic E-state index is 0.0458. The quantitative estimate of drug-likeness (QED) is 0.770. The van der Waals surface area contributed by atoms with Gasteiger partial charge in [-0.25, -0.2) is 4.39 Å². The van der Waals surface area contributed by atoms with Crippen LogP contribution in [0.5, 0.6) is 0 Å². The van der Waals surface area contributed by atoms with Crippen LogP contribution in [0.25, 0.3) is 0 Å². The summed E-state index contributed by atoms with van der Waals surface area (Å²) in [5.41, 5.74) is 0.0458. The molecule has 1 amide bonds. The molecule has 0 radical (unpaired) electrons. The SMILES string of the molecule is CC(CCl)NC(=O)c1ccccc1F. The second-order valence-electron chi connectivity index (χ2n) is 3.01. The first-order valence-electron chi connectivity index (χ1n) is 4.26. The first-order chi connectivity index (χ1) is 6.65. The van der Waals surface area contributed by atoms with Crippen molar-refractivity contribution in [2.24, 2.45) is 0 Å². The van der Waals surface area contributed by atoms with E-state index >= 15 is 0 Å². The average molecular weight is 216 g/mol. The van der Waals surface area contributed by atoms with Gasteiger partial charge < -0.3 is 5.32 Å². The molecule has 0 aliphatic carbocycles. The van der Waals surface area contributed by atoms with Crippen LogP contribution in [0.15, 0.2) is 24.3 Å². The second kappa shape index (κ2) is 4.96. The average Bonchev–Trinajstić information content (AvgIpc) is 2.18. The van der Waals surface area contributed by atoms with E-state index < -0.39 is 11.7 Å². The molecule has 1 unspecified atom stereocenters. The second-order valence-corrected chi connectivity index (χ2v) is 3.32. The molecule has 0 saturated heterocycles. The molecule has 0 aliphatic rings. The van der Waals surface area contributed by atoms with E-state index in [2.05, 4.69) is 5.32 Å². The minimum atomic E-state index is -0.522. The lowest BCUT2D eigenvalue weighted by atomic mass is 10.2. The molecule has 76 valence electrons. The van der Waals surface area contributed by atoms with Crippen LogP contribution in [0.2, 0.25) is 0 Å². The van der Waals surface area contributed by atoms with E-state index in [1.54, 1.807) is 13.0 Å². The van der Waals surface area contributed by atoms with Crippen molar-refractivity contribution < 1.29 is 9.18 Å². The van der Waals surface area contributed by atoms with E-state index in [0.29, 0.717) is 5.88 Å². The number of alkyl halides is 1. The molecule has 1 aromatic rings. The maximum absolute atomic E-state index is 13.1. The van der Waals surface area contributed by atoms with Gasteiger partial charge in [0.05, 0.1) is 5.56 Å². The highest BCUT2D eigenvalue weighted by molar-refractivity contribution is 6.18. The fourth-order valence-electron chi connectivity index (χ4n) is 0.985. The molecule has 1 N–H and O–H groups in total. The van der Waals surface area contributed by atoms with Crippen molar-refractivity contribution in [3.63, 3.8) is 0 Å². The summed E-state index contributed by atoms with van der Waals surface area (Å²) in [4.78, 5) is 11.4. The van der Waals surface area contributed by atoms with Gasteiger partial charge in [0.25, 0.3) is 5.91 Å². The van der Waals surface area contributed by atoms with Gasteiger partial charge in [0.1, 0.15) is 5.82 Å². The summed E-state index contributed by atoms with van der Waals surface area (Å²) >= 11 is 5.51. The Morgan fingerprint density at radius 1 is 1.57 bits per heavy atom. The third kappa shape index (κ3) is 2.70. The van der Waals surface area contributed by atoms with Gasteiger partial charge in [-0.1, -0.05) is 12.1 Å². The maximum Gasteiger partial charge on any atom is 0.254 e. The number of hydrogen-bond donors (Lipinski definition) is 1. The van der Waals surface area contributed by atoms with E-state index in [1.165, 1.54) is 18.2 Å². The zero-order valence-electron chi connectivity index (χ0n) is 7.76. The Morgan fingerprint density at radius 3 is 2.79 bits per heavy atom. The van der Waals surface area contributed by atoms with Crippen molar-refractivity contribution >= 4 is 17.5 Å². The van der Waals surface area contributed by atoms with Crippen molar-refractivity contribution in [1.82, 2.24) is 5.32 Å². The molecule has 0 aliphatic heterocycles. The number of halogens is 2. The Balaban J connectivity index is 2.75. The lowest BCUT2D eigenvalue weighted by molar-refractivity contribution is 0.0939. The predicted molar refractivity (Wildman–Crippen MR) is 54.0 cm³/mol. The molecule has 0 saturated carbocycles. The van der Waals surface area contributed by atoms with Crippen LogP contribution >= 0.6 is 11.6 Å². The molecule has 0 bridgehead atoms. The van der Waals surface area contributed by atoms with E-state index in [4.69, 9.17) is 11.6 Å². The Labute approximate surface area is 87.1 Å². The summed E-state index contributed by atoms with van der Waals surface area (Å²) in [5, 5.41) is 2.58. The van der Waals surface area contributed by atoms with Crippen LogP contribution in [0, 0.1) is 5.82 Å². The summed E-state index contributed by atoms with van der Waals surface area (Å²) < 4.78 is 13.1. The van der Waals surface area contributed by atoms with Crippen molar-refractivity contribution in [1.29, 1.82) is 0 Å². The topological polar surface area (TPSA) is 29.1 Å². The summed E-state index contributed by atoms with van der Waals surface area (Å²) in [6, 6.07) is 5.68. The Morgan fingerprint density at radius 2 is 2.21 bits per heavy atom. The van der Waals surface area contributed by atoms with Crippen molar-refractivity contribution in [2.45, 2.75) is 13.0 Å². The van der Waals surface area contributed by atoms with Gasteiger partial charge in [0, 0.05) is 11.9 Å². The van der Waals surface area contributed by atoms with Gasteiger partial charge in [-0.3, -0.25) is 4.79 Å². The molecule has 2 nitrogen and oxygen atoms in total. The molecule has 0 aromatic heterocycles. The van der Waals surface area contributed by atoms with Crippen molar-refractivity contribution in [3.05, 3.63) is 35.6 Å². The number of amides is 1. The zero-order valence-corrected chi connectivity index (χ0v) is 8.51. The van der Waals surface area contributed by atoms with Crippen LogP contribution in [-0.4, -0.2) is 17.8 Å². The van der Waals surface area contributed by atoms with E-state index in [9.17, 15) is 9.18 Å². The van der Waals surface area contributed by atoms with Gasteiger partial charge in [0.2, 0.25) is 0 Å². The van der Waals surface area contributed by atoms with Gasteiger partial charge in [-0.15, -0.1) is 11.6 Å². The van der Waals surface area contributed by atoms with Crippen LogP contribution in [0.4, 0.5) is 4.39 Å². The van der Waals surface area contributed by atoms with Crippen LogP contribution in [-0.2, 0) is 0 Å². The molecule has 1 atom stereocenters. The smallest absolute Gasteiger partial charge is 0.254 e. The Hall–Kier alpha value is -1.09. The Kier molecular flexibility index (Phi) is 3.89. The predicted octanol–water partition coefficient (Wildman–Crippen LogP) is 2.18. The molecular formula is C10H11ClFNO. The van der Waals surface area contributed by atoms with Crippen molar-refractivity contribution in [2.75, 3.05) is 5.88 Å². The number of rotatable bonds is 3. The third-order valence-corrected chi connectivity index (χ3v) is 2.19. The van der Waals surface area contributed by atoms with Crippen LogP contribution in [0.3, 0.4) is 0 Å². The lowest BCUT2D eigenvalue weighted by Crippen LogP contribution is -2.34. The minimum Gasteiger partial charge on any atom is -0.348 e. The number of benzene rings is 1. The number of nitrogens with one attached hydrogen (secondary N) is 1. The van der Waals surface area contributed by atoms with Gasteiger partial charge in [0.15, 0.2) is 0 Å². The number of carbonyl (C=O) groups is 1. The first-order valence-corrected chi connectivity index (χ1v) is 4.80. The monoisotopic (exact) mass is 215 g/mol. The largest absolute Gasteiger partial charge is 0.348 e. The fraction of sp³-hybridized carbons (Fsp3) is 0.300. The lowest BCUT2D eigenvalue weighted by Gasteiger charge is -2.10. The third-order valence-electron chi connectivity index (χ3n) is 1.73. The fourth-order valence-corrected chi connectivity index (χ4v) is 1.06. The molecule has 1 aromatic carbocycles. The molecular weight excluding hydrogens is 205 g/mol. The van der Waals surface area contributed by atoms with E-state index in [1.807, 2.05) is 0 Å². The summed E-state index contributed by atoms with van der Waals surface area (Å²) in [6.07, 6.45) is 0. The van der Waals surface area contributed by atoms with Crippen molar-refractivity contribution in [3.8, 4) is 0 Å².